The van der Waals surface area contributed by atoms with Gasteiger partial charge in [-0.05, 0) is 6.07 Å². The van der Waals surface area contributed by atoms with Gasteiger partial charge in [0.15, 0.2) is 0 Å². The zero-order valence-electron chi connectivity index (χ0n) is 8.03. The molecule has 82 valence electrons. The Kier molecular flexibility index (Phi) is 2.61. The maximum absolute atomic E-state index is 10.5. The monoisotopic (exact) mass is 221 g/mol. The van der Waals surface area contributed by atoms with Crippen LogP contribution in [0.15, 0.2) is 28.7 Å². The van der Waals surface area contributed by atoms with Crippen molar-refractivity contribution in [3.63, 3.8) is 0 Å². The molecule has 0 saturated carbocycles. The highest BCUT2D eigenvalue weighted by Gasteiger charge is 2.11. The van der Waals surface area contributed by atoms with Crippen molar-refractivity contribution in [1.29, 1.82) is 0 Å². The van der Waals surface area contributed by atoms with E-state index >= 15 is 0 Å². The van der Waals surface area contributed by atoms with Crippen molar-refractivity contribution in [2.45, 2.75) is 6.61 Å². The minimum atomic E-state index is -0.507. The van der Waals surface area contributed by atoms with Gasteiger partial charge < -0.3 is 9.52 Å². The Hall–Kier alpha value is -2.28. The van der Waals surface area contributed by atoms with Crippen LogP contribution in [0.2, 0.25) is 0 Å². The molecule has 0 aliphatic rings. The van der Waals surface area contributed by atoms with E-state index in [0.29, 0.717) is 5.56 Å². The highest BCUT2D eigenvalue weighted by Crippen LogP contribution is 2.22. The average Bonchev–Trinajstić information content (AvgIpc) is 2.77. The lowest BCUT2D eigenvalue weighted by Gasteiger charge is -1.94. The fourth-order valence-corrected chi connectivity index (χ4v) is 1.19. The van der Waals surface area contributed by atoms with E-state index in [-0.39, 0.29) is 24.1 Å². The molecular formula is C9H7N3O4. The van der Waals surface area contributed by atoms with Crippen LogP contribution in [0.1, 0.15) is 5.89 Å². The Labute approximate surface area is 89.5 Å². The number of aliphatic hydroxyl groups is 1. The highest BCUT2D eigenvalue weighted by atomic mass is 16.6. The van der Waals surface area contributed by atoms with Crippen LogP contribution >= 0.6 is 0 Å². The first kappa shape index (κ1) is 10.2. The predicted molar refractivity (Wildman–Crippen MR) is 52.3 cm³/mol. The summed E-state index contributed by atoms with van der Waals surface area (Å²) in [6.07, 6.45) is 0. The number of rotatable bonds is 3. The second-order valence-corrected chi connectivity index (χ2v) is 2.97. The molecule has 0 bridgehead atoms. The standard InChI is InChI=1S/C9H7N3O4/c13-5-8-10-11-9(16-8)6-2-1-3-7(4-6)12(14)15/h1-4,13H,5H2. The summed E-state index contributed by atoms with van der Waals surface area (Å²) in [6, 6.07) is 5.83. The van der Waals surface area contributed by atoms with Crippen LogP contribution in [0.25, 0.3) is 11.5 Å². The minimum absolute atomic E-state index is 0.0544. The van der Waals surface area contributed by atoms with Crippen LogP contribution in [-0.2, 0) is 6.61 Å². The molecule has 1 aromatic carbocycles. The zero-order chi connectivity index (χ0) is 11.5. The van der Waals surface area contributed by atoms with Crippen LogP contribution in [0.5, 0.6) is 0 Å². The zero-order valence-corrected chi connectivity index (χ0v) is 8.03. The van der Waals surface area contributed by atoms with Gasteiger partial charge in [-0.25, -0.2) is 0 Å². The number of nitro benzene ring substituents is 1. The number of nitrogens with zero attached hydrogens (tertiary/aromatic N) is 3. The maximum atomic E-state index is 10.5. The summed E-state index contributed by atoms with van der Waals surface area (Å²) in [4.78, 5) is 10.0. The van der Waals surface area contributed by atoms with Crippen LogP contribution in [0.3, 0.4) is 0 Å². The first-order chi connectivity index (χ1) is 7.70. The molecule has 2 rings (SSSR count). The van der Waals surface area contributed by atoms with Crippen molar-refractivity contribution in [3.05, 3.63) is 40.3 Å². The summed E-state index contributed by atoms with van der Waals surface area (Å²) in [5.74, 6) is 0.217. The highest BCUT2D eigenvalue weighted by molar-refractivity contribution is 5.57. The van der Waals surface area contributed by atoms with Gasteiger partial charge >= 0.3 is 0 Å². The van der Waals surface area contributed by atoms with E-state index in [4.69, 9.17) is 9.52 Å². The molecule has 0 saturated heterocycles. The number of non-ortho nitro benzene ring substituents is 1. The second-order valence-electron chi connectivity index (χ2n) is 2.97. The van der Waals surface area contributed by atoms with E-state index in [0.717, 1.165) is 0 Å². The molecule has 2 aromatic rings. The Morgan fingerprint density at radius 1 is 1.44 bits per heavy atom. The summed E-state index contributed by atoms with van der Waals surface area (Å²) in [7, 11) is 0. The molecule has 7 heteroatoms. The van der Waals surface area contributed by atoms with Gasteiger partial charge in [0.25, 0.3) is 5.69 Å². The van der Waals surface area contributed by atoms with Gasteiger partial charge in [-0.1, -0.05) is 6.07 Å². The van der Waals surface area contributed by atoms with Crippen LogP contribution in [0.4, 0.5) is 5.69 Å². The quantitative estimate of drug-likeness (QED) is 0.615. The smallest absolute Gasteiger partial charge is 0.270 e. The lowest BCUT2D eigenvalue weighted by molar-refractivity contribution is -0.384. The van der Waals surface area contributed by atoms with E-state index in [1.165, 1.54) is 18.2 Å². The minimum Gasteiger partial charge on any atom is -0.418 e. The SMILES string of the molecule is O=[N+]([O-])c1cccc(-c2nnc(CO)o2)c1. The molecule has 16 heavy (non-hydrogen) atoms. The van der Waals surface area contributed by atoms with Crippen molar-refractivity contribution >= 4 is 5.69 Å². The van der Waals surface area contributed by atoms with Gasteiger partial charge in [0.1, 0.15) is 6.61 Å². The Bertz CT molecular complexity index is 523. The molecule has 0 amide bonds. The number of aromatic nitrogens is 2. The largest absolute Gasteiger partial charge is 0.418 e. The number of benzene rings is 1. The van der Waals surface area contributed by atoms with Crippen molar-refractivity contribution in [3.8, 4) is 11.5 Å². The molecule has 0 atom stereocenters. The van der Waals surface area contributed by atoms with Gasteiger partial charge in [0.2, 0.25) is 11.8 Å². The Balaban J connectivity index is 2.40. The third-order valence-corrected chi connectivity index (χ3v) is 1.91. The summed E-state index contributed by atoms with van der Waals surface area (Å²) in [6.45, 7) is -0.359. The van der Waals surface area contributed by atoms with Gasteiger partial charge in [0.05, 0.1) is 4.92 Å². The van der Waals surface area contributed by atoms with Gasteiger partial charge in [0, 0.05) is 17.7 Å². The molecule has 0 aliphatic carbocycles. The van der Waals surface area contributed by atoms with E-state index in [1.807, 2.05) is 0 Å². The lowest BCUT2D eigenvalue weighted by Crippen LogP contribution is -1.88. The Morgan fingerprint density at radius 2 is 2.25 bits per heavy atom. The fourth-order valence-electron chi connectivity index (χ4n) is 1.19. The summed E-state index contributed by atoms with van der Waals surface area (Å²) in [5, 5.41) is 26.5. The van der Waals surface area contributed by atoms with Crippen LogP contribution in [-0.4, -0.2) is 20.2 Å². The van der Waals surface area contributed by atoms with E-state index in [2.05, 4.69) is 10.2 Å². The lowest BCUT2D eigenvalue weighted by atomic mass is 10.2. The van der Waals surface area contributed by atoms with Crippen molar-refractivity contribution < 1.29 is 14.4 Å². The topological polar surface area (TPSA) is 102 Å². The van der Waals surface area contributed by atoms with Gasteiger partial charge in [-0.15, -0.1) is 10.2 Å². The molecule has 0 fully saturated rings. The van der Waals surface area contributed by atoms with E-state index in [1.54, 1.807) is 6.07 Å². The molecule has 0 spiro atoms. The summed E-state index contributed by atoms with van der Waals surface area (Å²) >= 11 is 0. The number of aliphatic hydroxyl groups excluding tert-OH is 1. The van der Waals surface area contributed by atoms with Crippen LogP contribution < -0.4 is 0 Å². The van der Waals surface area contributed by atoms with Gasteiger partial charge in [-0.2, -0.15) is 0 Å². The molecule has 1 aromatic heterocycles. The van der Waals surface area contributed by atoms with E-state index in [9.17, 15) is 10.1 Å². The number of hydrogen-bond acceptors (Lipinski definition) is 6. The first-order valence-corrected chi connectivity index (χ1v) is 4.39. The third-order valence-electron chi connectivity index (χ3n) is 1.91. The molecule has 7 nitrogen and oxygen atoms in total. The molecule has 0 aliphatic heterocycles. The molecule has 1 N–H and O–H groups in total. The van der Waals surface area contributed by atoms with Crippen molar-refractivity contribution in [2.24, 2.45) is 0 Å². The van der Waals surface area contributed by atoms with E-state index < -0.39 is 4.92 Å². The third kappa shape index (κ3) is 1.89. The summed E-state index contributed by atoms with van der Waals surface area (Å²) in [5.41, 5.74) is 0.391. The fraction of sp³-hybridized carbons (Fsp3) is 0.111. The first-order valence-electron chi connectivity index (χ1n) is 4.39. The molecular weight excluding hydrogens is 214 g/mol. The number of nitro groups is 1. The predicted octanol–water partition coefficient (Wildman–Crippen LogP) is 1.14. The molecule has 0 radical (unpaired) electrons. The average molecular weight is 221 g/mol. The summed E-state index contributed by atoms with van der Waals surface area (Å²) < 4.78 is 5.06. The van der Waals surface area contributed by atoms with Crippen molar-refractivity contribution in [2.75, 3.05) is 0 Å². The maximum Gasteiger partial charge on any atom is 0.270 e. The van der Waals surface area contributed by atoms with Gasteiger partial charge in [-0.3, -0.25) is 10.1 Å². The molecule has 1 heterocycles. The van der Waals surface area contributed by atoms with Crippen LogP contribution in [0, 0.1) is 10.1 Å². The second kappa shape index (κ2) is 4.07. The Morgan fingerprint density at radius 3 is 2.88 bits per heavy atom. The number of hydrogen-bond donors (Lipinski definition) is 1. The van der Waals surface area contributed by atoms with Crippen molar-refractivity contribution in [1.82, 2.24) is 10.2 Å². The normalized spacial score (nSPS) is 10.3. The molecule has 0 unspecified atom stereocenters.